The van der Waals surface area contributed by atoms with Crippen molar-refractivity contribution in [3.05, 3.63) is 0 Å². The molecule has 3 unspecified atom stereocenters. The molecule has 2 fully saturated rings. The van der Waals surface area contributed by atoms with Crippen molar-refractivity contribution >= 4 is 17.2 Å². The molecule has 2 rings (SSSR count). The summed E-state index contributed by atoms with van der Waals surface area (Å²) in [5.41, 5.74) is 5.68. The normalized spacial score (nSPS) is 39.7. The fourth-order valence-corrected chi connectivity index (χ4v) is 3.09. The predicted octanol–water partition coefficient (Wildman–Crippen LogP) is 0.649. The monoisotopic (exact) mass is 214 g/mol. The smallest absolute Gasteiger partial charge is 0.0899 e. The first-order valence-electron chi connectivity index (χ1n) is 5.34. The van der Waals surface area contributed by atoms with Gasteiger partial charge >= 0.3 is 0 Å². The van der Waals surface area contributed by atoms with E-state index in [0.29, 0.717) is 17.1 Å². The molecule has 0 aromatic carbocycles. The minimum Gasteiger partial charge on any atom is -0.393 e. The zero-order valence-corrected chi connectivity index (χ0v) is 9.33. The maximum absolute atomic E-state index is 9.64. The van der Waals surface area contributed by atoms with Gasteiger partial charge in [-0.2, -0.15) is 0 Å². The number of hydrogen-bond donors (Lipinski definition) is 2. The Hall–Kier alpha value is -0.190. The average molecular weight is 214 g/mol. The van der Waals surface area contributed by atoms with E-state index in [1.54, 1.807) is 0 Å². The van der Waals surface area contributed by atoms with E-state index in [0.717, 1.165) is 12.8 Å². The Morgan fingerprint density at radius 2 is 1.93 bits per heavy atom. The largest absolute Gasteiger partial charge is 0.393 e. The SMILES string of the molecule is CC(C(N)=S)N1C2CCC1CC(O)C2. The van der Waals surface area contributed by atoms with Crippen LogP contribution in [0.25, 0.3) is 0 Å². The van der Waals surface area contributed by atoms with Gasteiger partial charge in [-0.15, -0.1) is 0 Å². The Morgan fingerprint density at radius 1 is 1.43 bits per heavy atom. The molecule has 3 N–H and O–H groups in total. The molecule has 0 amide bonds. The average Bonchev–Trinajstić information content (AvgIpc) is 2.37. The first kappa shape index (κ1) is 10.3. The molecule has 3 nitrogen and oxygen atoms in total. The van der Waals surface area contributed by atoms with Gasteiger partial charge < -0.3 is 10.8 Å². The molecule has 0 spiro atoms. The molecule has 0 radical (unpaired) electrons. The highest BCUT2D eigenvalue weighted by molar-refractivity contribution is 7.80. The van der Waals surface area contributed by atoms with Crippen LogP contribution in [-0.4, -0.2) is 39.2 Å². The van der Waals surface area contributed by atoms with E-state index in [2.05, 4.69) is 11.8 Å². The number of aliphatic hydroxyl groups excluding tert-OH is 1. The van der Waals surface area contributed by atoms with Crippen molar-refractivity contribution in [1.82, 2.24) is 4.90 Å². The van der Waals surface area contributed by atoms with Gasteiger partial charge in [0.05, 0.1) is 17.1 Å². The summed E-state index contributed by atoms with van der Waals surface area (Å²) in [6.07, 6.45) is 4.05. The number of aliphatic hydroxyl groups is 1. The van der Waals surface area contributed by atoms with Gasteiger partial charge in [-0.3, -0.25) is 4.90 Å². The van der Waals surface area contributed by atoms with Crippen molar-refractivity contribution in [2.45, 2.75) is 56.8 Å². The highest BCUT2D eigenvalue weighted by Gasteiger charge is 2.42. The maximum atomic E-state index is 9.64. The van der Waals surface area contributed by atoms with Crippen LogP contribution in [0.15, 0.2) is 0 Å². The molecule has 2 saturated heterocycles. The number of rotatable bonds is 2. The molecule has 80 valence electrons. The molecule has 2 heterocycles. The lowest BCUT2D eigenvalue weighted by Crippen LogP contribution is -2.52. The van der Waals surface area contributed by atoms with E-state index >= 15 is 0 Å². The molecule has 14 heavy (non-hydrogen) atoms. The Kier molecular flexibility index (Phi) is 2.77. The zero-order valence-electron chi connectivity index (χ0n) is 8.52. The molecule has 0 aromatic heterocycles. The summed E-state index contributed by atoms with van der Waals surface area (Å²) in [5, 5.41) is 9.64. The minimum absolute atomic E-state index is 0.109. The molecule has 0 aliphatic carbocycles. The second-order valence-corrected chi connectivity index (χ2v) is 5.01. The molecule has 0 saturated carbocycles. The standard InChI is InChI=1S/C10H18N2OS/c1-6(10(11)14)12-7-2-3-8(12)5-9(13)4-7/h6-9,13H,2-5H2,1H3,(H2,11,14). The summed E-state index contributed by atoms with van der Waals surface area (Å²) in [5.74, 6) is 0. The van der Waals surface area contributed by atoms with E-state index < -0.39 is 0 Å². The number of thiocarbonyl (C=S) groups is 1. The van der Waals surface area contributed by atoms with E-state index in [-0.39, 0.29) is 12.1 Å². The molecule has 0 aromatic rings. The van der Waals surface area contributed by atoms with Crippen LogP contribution in [0, 0.1) is 0 Å². The lowest BCUT2D eigenvalue weighted by Gasteiger charge is -2.40. The van der Waals surface area contributed by atoms with E-state index in [1.165, 1.54) is 12.8 Å². The van der Waals surface area contributed by atoms with Crippen molar-refractivity contribution in [3.8, 4) is 0 Å². The molecular weight excluding hydrogens is 196 g/mol. The molecule has 4 heteroatoms. The van der Waals surface area contributed by atoms with Crippen molar-refractivity contribution < 1.29 is 5.11 Å². The van der Waals surface area contributed by atoms with E-state index in [9.17, 15) is 5.11 Å². The van der Waals surface area contributed by atoms with Crippen LogP contribution in [0.4, 0.5) is 0 Å². The molecule has 2 aliphatic heterocycles. The number of piperidine rings is 1. The number of nitrogens with two attached hydrogens (primary N) is 1. The van der Waals surface area contributed by atoms with Crippen molar-refractivity contribution in [2.75, 3.05) is 0 Å². The summed E-state index contributed by atoms with van der Waals surface area (Å²) < 4.78 is 0. The second-order valence-electron chi connectivity index (χ2n) is 4.54. The van der Waals surface area contributed by atoms with Gasteiger partial charge in [-0.05, 0) is 32.6 Å². The van der Waals surface area contributed by atoms with Crippen LogP contribution in [0.1, 0.15) is 32.6 Å². The molecular formula is C10H18N2OS. The lowest BCUT2D eigenvalue weighted by molar-refractivity contribution is 0.0284. The molecule has 3 atom stereocenters. The minimum atomic E-state index is -0.109. The van der Waals surface area contributed by atoms with Crippen LogP contribution in [0.3, 0.4) is 0 Å². The van der Waals surface area contributed by atoms with Crippen molar-refractivity contribution in [1.29, 1.82) is 0 Å². The Bertz CT molecular complexity index is 232. The summed E-state index contributed by atoms with van der Waals surface area (Å²) in [7, 11) is 0. The van der Waals surface area contributed by atoms with Crippen LogP contribution in [0.5, 0.6) is 0 Å². The third-order valence-corrected chi connectivity index (χ3v) is 3.96. The third-order valence-electron chi connectivity index (χ3n) is 3.62. The first-order chi connectivity index (χ1) is 6.59. The van der Waals surface area contributed by atoms with E-state index in [4.69, 9.17) is 18.0 Å². The quantitative estimate of drug-likeness (QED) is 0.663. The van der Waals surface area contributed by atoms with Gasteiger partial charge in [-0.25, -0.2) is 0 Å². The van der Waals surface area contributed by atoms with Gasteiger partial charge in [0.2, 0.25) is 0 Å². The second kappa shape index (κ2) is 3.76. The predicted molar refractivity (Wildman–Crippen MR) is 60.1 cm³/mol. The van der Waals surface area contributed by atoms with Crippen molar-refractivity contribution in [3.63, 3.8) is 0 Å². The molecule has 2 aliphatic rings. The highest BCUT2D eigenvalue weighted by atomic mass is 32.1. The number of nitrogens with zero attached hydrogens (tertiary/aromatic N) is 1. The van der Waals surface area contributed by atoms with E-state index in [1.807, 2.05) is 0 Å². The first-order valence-corrected chi connectivity index (χ1v) is 5.75. The van der Waals surface area contributed by atoms with Crippen LogP contribution >= 0.6 is 12.2 Å². The number of fused-ring (bicyclic) bond motifs is 2. The third kappa shape index (κ3) is 1.66. The summed E-state index contributed by atoms with van der Waals surface area (Å²) >= 11 is 5.04. The van der Waals surface area contributed by atoms with Gasteiger partial charge in [-0.1, -0.05) is 12.2 Å². The van der Waals surface area contributed by atoms with Crippen molar-refractivity contribution in [2.24, 2.45) is 5.73 Å². The Balaban J connectivity index is 2.11. The summed E-state index contributed by atoms with van der Waals surface area (Å²) in [6.45, 7) is 2.07. The fourth-order valence-electron chi connectivity index (χ4n) is 2.96. The van der Waals surface area contributed by atoms with Gasteiger partial charge in [0.1, 0.15) is 0 Å². The molecule has 2 bridgehead atoms. The van der Waals surface area contributed by atoms with Gasteiger partial charge in [0.15, 0.2) is 0 Å². The summed E-state index contributed by atoms with van der Waals surface area (Å²) in [4.78, 5) is 2.99. The van der Waals surface area contributed by atoms with Gasteiger partial charge in [0.25, 0.3) is 0 Å². The van der Waals surface area contributed by atoms with Crippen LogP contribution in [-0.2, 0) is 0 Å². The van der Waals surface area contributed by atoms with Crippen LogP contribution in [0.2, 0.25) is 0 Å². The maximum Gasteiger partial charge on any atom is 0.0899 e. The lowest BCUT2D eigenvalue weighted by atomic mass is 9.98. The fraction of sp³-hybridized carbons (Fsp3) is 0.900. The Morgan fingerprint density at radius 3 is 2.36 bits per heavy atom. The van der Waals surface area contributed by atoms with Crippen LogP contribution < -0.4 is 5.73 Å². The van der Waals surface area contributed by atoms with Gasteiger partial charge in [0, 0.05) is 12.1 Å². The summed E-state index contributed by atoms with van der Waals surface area (Å²) in [6, 6.07) is 1.19. The highest BCUT2D eigenvalue weighted by Crippen LogP contribution is 2.37. The zero-order chi connectivity index (χ0) is 10.3. The number of hydrogen-bond acceptors (Lipinski definition) is 3. The topological polar surface area (TPSA) is 49.5 Å². The Labute approximate surface area is 90.3 Å².